The highest BCUT2D eigenvalue weighted by Gasteiger charge is 2.23. The van der Waals surface area contributed by atoms with Gasteiger partial charge in [-0.1, -0.05) is 11.8 Å². The number of hydrogen-bond acceptors (Lipinski definition) is 5. The highest BCUT2D eigenvalue weighted by molar-refractivity contribution is 8.13. The topological polar surface area (TPSA) is 68.9 Å². The number of piperazine rings is 1. The van der Waals surface area contributed by atoms with Gasteiger partial charge in [-0.05, 0) is 13.2 Å². The minimum atomic E-state index is -0.268. The fourth-order valence-corrected chi connectivity index (χ4v) is 2.16. The molecular formula is C10H16N4O2S. The summed E-state index contributed by atoms with van der Waals surface area (Å²) in [4.78, 5) is 18.9. The molecule has 0 N–H and O–H groups in total. The van der Waals surface area contributed by atoms with Gasteiger partial charge in [-0.3, -0.25) is 0 Å². The van der Waals surface area contributed by atoms with Crippen molar-refractivity contribution in [3.63, 3.8) is 0 Å². The minimum absolute atomic E-state index is 0.268. The van der Waals surface area contributed by atoms with Crippen molar-refractivity contribution < 1.29 is 9.53 Å². The van der Waals surface area contributed by atoms with Crippen LogP contribution in [0.2, 0.25) is 0 Å². The average molecular weight is 256 g/mol. The van der Waals surface area contributed by atoms with Gasteiger partial charge in [0.2, 0.25) is 6.19 Å². The molecule has 7 heteroatoms. The Bertz CT molecular complexity index is 332. The van der Waals surface area contributed by atoms with Gasteiger partial charge in [0.25, 0.3) is 0 Å². The quantitative estimate of drug-likeness (QED) is 0.397. The first-order valence-electron chi connectivity index (χ1n) is 5.40. The van der Waals surface area contributed by atoms with E-state index in [1.807, 2.05) is 11.2 Å². The second-order valence-corrected chi connectivity index (χ2v) is 4.14. The number of amides is 1. The third kappa shape index (κ3) is 3.82. The van der Waals surface area contributed by atoms with E-state index in [0.717, 1.165) is 0 Å². The van der Waals surface area contributed by atoms with Crippen LogP contribution in [0.3, 0.4) is 0 Å². The number of ether oxygens (including phenoxy) is 1. The predicted molar refractivity (Wildman–Crippen MR) is 66.7 cm³/mol. The second-order valence-electron chi connectivity index (χ2n) is 3.37. The molecule has 1 amide bonds. The summed E-state index contributed by atoms with van der Waals surface area (Å²) < 4.78 is 4.93. The molecule has 17 heavy (non-hydrogen) atoms. The molecule has 94 valence electrons. The van der Waals surface area contributed by atoms with Gasteiger partial charge in [0.05, 0.1) is 6.61 Å². The van der Waals surface area contributed by atoms with Crippen molar-refractivity contribution in [1.29, 1.82) is 5.26 Å². The lowest BCUT2D eigenvalue weighted by Gasteiger charge is -2.34. The number of hydrogen-bond donors (Lipinski definition) is 0. The number of nitriles is 1. The third-order valence-corrected chi connectivity index (χ3v) is 3.12. The van der Waals surface area contributed by atoms with Gasteiger partial charge >= 0.3 is 6.09 Å². The molecule has 1 heterocycles. The average Bonchev–Trinajstić information content (AvgIpc) is 2.36. The highest BCUT2D eigenvalue weighted by atomic mass is 32.2. The van der Waals surface area contributed by atoms with Crippen LogP contribution in [0, 0.1) is 11.5 Å². The summed E-state index contributed by atoms with van der Waals surface area (Å²) in [6.45, 7) is 4.75. The van der Waals surface area contributed by atoms with Crippen LogP contribution in [-0.2, 0) is 4.74 Å². The fraction of sp³-hybridized carbons (Fsp3) is 0.700. The van der Waals surface area contributed by atoms with E-state index in [9.17, 15) is 4.79 Å². The number of aliphatic imine (C=N–C) groups is 1. The molecule has 1 fully saturated rings. The van der Waals surface area contributed by atoms with Crippen molar-refractivity contribution in [2.75, 3.05) is 39.0 Å². The number of amidine groups is 1. The Morgan fingerprint density at radius 3 is 2.47 bits per heavy atom. The smallest absolute Gasteiger partial charge is 0.409 e. The Balaban J connectivity index is 2.48. The zero-order valence-electron chi connectivity index (χ0n) is 10.0. The Hall–Kier alpha value is -1.42. The van der Waals surface area contributed by atoms with Crippen molar-refractivity contribution in [3.8, 4) is 6.19 Å². The Kier molecular flexibility index (Phi) is 5.63. The van der Waals surface area contributed by atoms with E-state index < -0.39 is 0 Å². The van der Waals surface area contributed by atoms with Crippen LogP contribution in [0.4, 0.5) is 4.79 Å². The molecule has 0 spiro atoms. The Morgan fingerprint density at radius 1 is 1.41 bits per heavy atom. The molecule has 0 radical (unpaired) electrons. The van der Waals surface area contributed by atoms with E-state index in [1.54, 1.807) is 18.0 Å². The number of carbonyl (C=O) groups excluding carboxylic acids is 1. The van der Waals surface area contributed by atoms with Gasteiger partial charge in [-0.25, -0.2) is 4.79 Å². The molecule has 0 aromatic carbocycles. The van der Waals surface area contributed by atoms with Gasteiger partial charge in [-0.15, -0.1) is 4.99 Å². The molecule has 0 aromatic rings. The molecule has 0 bridgehead atoms. The lowest BCUT2D eigenvalue weighted by atomic mass is 10.3. The summed E-state index contributed by atoms with van der Waals surface area (Å²) in [5.41, 5.74) is 0. The van der Waals surface area contributed by atoms with Crippen molar-refractivity contribution in [2.24, 2.45) is 4.99 Å². The van der Waals surface area contributed by atoms with E-state index in [2.05, 4.69) is 4.99 Å². The lowest BCUT2D eigenvalue weighted by Crippen LogP contribution is -2.50. The van der Waals surface area contributed by atoms with Gasteiger partial charge in [-0.2, -0.15) is 5.26 Å². The zero-order valence-corrected chi connectivity index (χ0v) is 10.9. The van der Waals surface area contributed by atoms with E-state index in [1.165, 1.54) is 11.8 Å². The fourth-order valence-electron chi connectivity index (χ4n) is 1.58. The van der Waals surface area contributed by atoms with Crippen LogP contribution >= 0.6 is 11.8 Å². The number of thioether (sulfide) groups is 1. The largest absolute Gasteiger partial charge is 0.450 e. The monoisotopic (exact) mass is 256 g/mol. The van der Waals surface area contributed by atoms with E-state index in [4.69, 9.17) is 10.00 Å². The zero-order chi connectivity index (χ0) is 12.7. The summed E-state index contributed by atoms with van der Waals surface area (Å²) >= 11 is 1.44. The predicted octanol–water partition coefficient (Wildman–Crippen LogP) is 0.961. The molecule has 1 aliphatic heterocycles. The van der Waals surface area contributed by atoms with Gasteiger partial charge in [0, 0.05) is 26.2 Å². The number of carbonyl (C=O) groups is 1. The molecule has 1 saturated heterocycles. The van der Waals surface area contributed by atoms with E-state index in [-0.39, 0.29) is 6.09 Å². The molecule has 0 saturated carbocycles. The maximum atomic E-state index is 11.5. The normalized spacial score (nSPS) is 16.6. The molecule has 0 aromatic heterocycles. The van der Waals surface area contributed by atoms with Crippen LogP contribution in [0.1, 0.15) is 6.92 Å². The molecule has 0 atom stereocenters. The number of nitrogens with zero attached hydrogens (tertiary/aromatic N) is 4. The highest BCUT2D eigenvalue weighted by Crippen LogP contribution is 2.10. The molecule has 0 aliphatic carbocycles. The number of rotatable bonds is 1. The molecule has 0 unspecified atom stereocenters. The third-order valence-electron chi connectivity index (χ3n) is 2.40. The van der Waals surface area contributed by atoms with Crippen LogP contribution in [-0.4, -0.2) is 60.1 Å². The van der Waals surface area contributed by atoms with Crippen LogP contribution < -0.4 is 0 Å². The Morgan fingerprint density at radius 2 is 2.00 bits per heavy atom. The van der Waals surface area contributed by atoms with Crippen LogP contribution in [0.5, 0.6) is 0 Å². The molecule has 6 nitrogen and oxygen atoms in total. The second kappa shape index (κ2) is 7.01. The van der Waals surface area contributed by atoms with Crippen molar-refractivity contribution in [3.05, 3.63) is 0 Å². The maximum Gasteiger partial charge on any atom is 0.409 e. The van der Waals surface area contributed by atoms with Crippen molar-refractivity contribution >= 4 is 23.0 Å². The summed E-state index contributed by atoms with van der Waals surface area (Å²) in [7, 11) is 0. The standard InChI is InChI=1S/C10H16N4O2S/c1-3-16-10(15)14-6-4-13(5-7-14)9(17-2)12-8-11/h3-7H2,1-2H3. The SMILES string of the molecule is CCOC(=O)N1CCN(C(=NC#N)SC)CC1. The molecule has 1 aliphatic rings. The minimum Gasteiger partial charge on any atom is -0.450 e. The summed E-state index contributed by atoms with van der Waals surface area (Å²) in [6.07, 6.45) is 3.40. The summed E-state index contributed by atoms with van der Waals surface area (Å²) in [6, 6.07) is 0. The van der Waals surface area contributed by atoms with Gasteiger partial charge in [0.15, 0.2) is 5.17 Å². The van der Waals surface area contributed by atoms with E-state index >= 15 is 0 Å². The molecule has 1 rings (SSSR count). The first kappa shape index (κ1) is 13.6. The Labute approximate surface area is 105 Å². The van der Waals surface area contributed by atoms with Gasteiger partial charge < -0.3 is 14.5 Å². The van der Waals surface area contributed by atoms with Crippen LogP contribution in [0.25, 0.3) is 0 Å². The first-order chi connectivity index (χ1) is 8.22. The van der Waals surface area contributed by atoms with Gasteiger partial charge in [0.1, 0.15) is 0 Å². The maximum absolute atomic E-state index is 11.5. The summed E-state index contributed by atoms with van der Waals surface area (Å²) in [5, 5.41) is 9.25. The first-order valence-corrected chi connectivity index (χ1v) is 6.62. The summed E-state index contributed by atoms with van der Waals surface area (Å²) in [5.74, 6) is 0. The molecular weight excluding hydrogens is 240 g/mol. The van der Waals surface area contributed by atoms with Crippen molar-refractivity contribution in [1.82, 2.24) is 9.80 Å². The van der Waals surface area contributed by atoms with E-state index in [0.29, 0.717) is 38.0 Å². The van der Waals surface area contributed by atoms with Crippen LogP contribution in [0.15, 0.2) is 4.99 Å². The lowest BCUT2D eigenvalue weighted by molar-refractivity contribution is 0.0924. The van der Waals surface area contributed by atoms with Crippen molar-refractivity contribution in [2.45, 2.75) is 6.92 Å².